The number of rotatable bonds is 7. The standard InChI is InChI=1S/C18H30N4S.HI/c1-4-19-18(22-16-8-9-17(12-16)23-5-2)20-11-10-15-7-6-14(3)21-13-15;/h6-7,13,16-17H,4-5,8-12H2,1-3H3,(H2,19,20,22);1H. The van der Waals surface area contributed by atoms with Crippen LogP contribution in [0.15, 0.2) is 23.3 Å². The normalized spacial score (nSPS) is 20.5. The summed E-state index contributed by atoms with van der Waals surface area (Å²) in [5, 5.41) is 7.80. The fourth-order valence-electron chi connectivity index (χ4n) is 2.91. The number of hydrogen-bond acceptors (Lipinski definition) is 3. The maximum absolute atomic E-state index is 4.73. The third kappa shape index (κ3) is 7.59. The van der Waals surface area contributed by atoms with Gasteiger partial charge in [0.15, 0.2) is 5.96 Å². The van der Waals surface area contributed by atoms with Crippen LogP contribution in [0.4, 0.5) is 0 Å². The number of guanidine groups is 1. The summed E-state index contributed by atoms with van der Waals surface area (Å²) in [5.41, 5.74) is 2.31. The average Bonchev–Trinajstić information content (AvgIpc) is 2.97. The van der Waals surface area contributed by atoms with Crippen molar-refractivity contribution < 1.29 is 0 Å². The Balaban J connectivity index is 0.00000288. The molecule has 1 aromatic heterocycles. The van der Waals surface area contributed by atoms with Gasteiger partial charge < -0.3 is 10.6 Å². The molecule has 24 heavy (non-hydrogen) atoms. The van der Waals surface area contributed by atoms with Gasteiger partial charge in [0.05, 0.1) is 0 Å². The van der Waals surface area contributed by atoms with E-state index in [1.165, 1.54) is 30.6 Å². The van der Waals surface area contributed by atoms with Crippen LogP contribution in [0.3, 0.4) is 0 Å². The van der Waals surface area contributed by atoms with Gasteiger partial charge in [-0.05, 0) is 56.9 Å². The van der Waals surface area contributed by atoms with Gasteiger partial charge in [-0.15, -0.1) is 24.0 Å². The molecule has 2 rings (SSSR count). The van der Waals surface area contributed by atoms with Crippen LogP contribution in [-0.4, -0.2) is 41.1 Å². The highest BCUT2D eigenvalue weighted by Gasteiger charge is 2.24. The molecule has 0 aromatic carbocycles. The Morgan fingerprint density at radius 2 is 2.17 bits per heavy atom. The van der Waals surface area contributed by atoms with Crippen molar-refractivity contribution in [3.05, 3.63) is 29.6 Å². The molecule has 1 aromatic rings. The van der Waals surface area contributed by atoms with Crippen molar-refractivity contribution in [2.24, 2.45) is 4.99 Å². The first-order valence-electron chi connectivity index (χ1n) is 8.79. The molecular formula is C18H31IN4S. The predicted molar refractivity (Wildman–Crippen MR) is 117 cm³/mol. The number of aryl methyl sites for hydroxylation is 1. The molecule has 4 nitrogen and oxygen atoms in total. The lowest BCUT2D eigenvalue weighted by molar-refractivity contribution is 0.615. The molecule has 6 heteroatoms. The highest BCUT2D eigenvalue weighted by Crippen LogP contribution is 2.29. The van der Waals surface area contributed by atoms with E-state index >= 15 is 0 Å². The smallest absolute Gasteiger partial charge is 0.191 e. The van der Waals surface area contributed by atoms with Crippen LogP contribution in [0.1, 0.15) is 44.4 Å². The number of thioether (sulfide) groups is 1. The van der Waals surface area contributed by atoms with Crippen LogP contribution in [0.25, 0.3) is 0 Å². The van der Waals surface area contributed by atoms with Crippen molar-refractivity contribution in [3.63, 3.8) is 0 Å². The third-order valence-electron chi connectivity index (χ3n) is 4.11. The van der Waals surface area contributed by atoms with E-state index in [0.717, 1.165) is 36.4 Å². The quantitative estimate of drug-likeness (QED) is 0.368. The lowest BCUT2D eigenvalue weighted by Gasteiger charge is -2.17. The summed E-state index contributed by atoms with van der Waals surface area (Å²) in [6.45, 7) is 8.07. The Kier molecular flexibility index (Phi) is 10.7. The fraction of sp³-hybridized carbons (Fsp3) is 0.667. The second-order valence-electron chi connectivity index (χ2n) is 6.05. The van der Waals surface area contributed by atoms with Crippen molar-refractivity contribution in [3.8, 4) is 0 Å². The van der Waals surface area contributed by atoms with Crippen LogP contribution >= 0.6 is 35.7 Å². The van der Waals surface area contributed by atoms with Gasteiger partial charge in [-0.3, -0.25) is 9.98 Å². The molecule has 1 fully saturated rings. The van der Waals surface area contributed by atoms with E-state index in [2.05, 4.69) is 53.4 Å². The summed E-state index contributed by atoms with van der Waals surface area (Å²) in [7, 11) is 0. The summed E-state index contributed by atoms with van der Waals surface area (Å²) >= 11 is 2.09. The summed E-state index contributed by atoms with van der Waals surface area (Å²) in [5.74, 6) is 2.18. The van der Waals surface area contributed by atoms with E-state index in [0.29, 0.717) is 6.04 Å². The van der Waals surface area contributed by atoms with E-state index < -0.39 is 0 Å². The molecule has 1 heterocycles. The first kappa shape index (κ1) is 21.5. The van der Waals surface area contributed by atoms with Gasteiger partial charge in [-0.25, -0.2) is 0 Å². The van der Waals surface area contributed by atoms with E-state index in [4.69, 9.17) is 4.99 Å². The van der Waals surface area contributed by atoms with Crippen molar-refractivity contribution in [2.75, 3.05) is 18.8 Å². The highest BCUT2D eigenvalue weighted by atomic mass is 127. The fourth-order valence-corrected chi connectivity index (χ4v) is 4.06. The Bertz CT molecular complexity index is 492. The van der Waals surface area contributed by atoms with E-state index in [1.807, 2.05) is 13.1 Å². The zero-order valence-corrected chi connectivity index (χ0v) is 18.2. The maximum atomic E-state index is 4.73. The molecule has 2 unspecified atom stereocenters. The molecule has 0 radical (unpaired) electrons. The topological polar surface area (TPSA) is 49.3 Å². The predicted octanol–water partition coefficient (Wildman–Crippen LogP) is 3.78. The molecule has 0 bridgehead atoms. The second kappa shape index (κ2) is 12.0. The average molecular weight is 462 g/mol. The van der Waals surface area contributed by atoms with E-state index in [9.17, 15) is 0 Å². The van der Waals surface area contributed by atoms with Crippen molar-refractivity contribution in [2.45, 2.75) is 57.7 Å². The number of hydrogen-bond donors (Lipinski definition) is 2. The minimum Gasteiger partial charge on any atom is -0.357 e. The number of halogens is 1. The van der Waals surface area contributed by atoms with Crippen LogP contribution in [0.5, 0.6) is 0 Å². The van der Waals surface area contributed by atoms with Gasteiger partial charge in [0.2, 0.25) is 0 Å². The van der Waals surface area contributed by atoms with Gasteiger partial charge in [0.1, 0.15) is 0 Å². The molecule has 0 amide bonds. The number of nitrogens with one attached hydrogen (secondary N) is 2. The summed E-state index contributed by atoms with van der Waals surface area (Å²) in [6.07, 6.45) is 6.72. The lowest BCUT2D eigenvalue weighted by Crippen LogP contribution is -2.42. The van der Waals surface area contributed by atoms with Crippen LogP contribution in [-0.2, 0) is 6.42 Å². The van der Waals surface area contributed by atoms with Crippen LogP contribution < -0.4 is 10.6 Å². The van der Waals surface area contributed by atoms with Crippen molar-refractivity contribution in [1.29, 1.82) is 0 Å². The van der Waals surface area contributed by atoms with Gasteiger partial charge in [0.25, 0.3) is 0 Å². The Morgan fingerprint density at radius 1 is 1.33 bits per heavy atom. The molecule has 0 aliphatic heterocycles. The molecule has 136 valence electrons. The molecule has 1 saturated carbocycles. The maximum Gasteiger partial charge on any atom is 0.191 e. The first-order valence-corrected chi connectivity index (χ1v) is 9.84. The first-order chi connectivity index (χ1) is 11.2. The van der Waals surface area contributed by atoms with E-state index in [-0.39, 0.29) is 24.0 Å². The highest BCUT2D eigenvalue weighted by molar-refractivity contribution is 14.0. The van der Waals surface area contributed by atoms with Gasteiger partial charge in [-0.2, -0.15) is 11.8 Å². The zero-order chi connectivity index (χ0) is 16.5. The van der Waals surface area contributed by atoms with Crippen LogP contribution in [0.2, 0.25) is 0 Å². The molecule has 0 spiro atoms. The van der Waals surface area contributed by atoms with E-state index in [1.54, 1.807) is 0 Å². The summed E-state index contributed by atoms with van der Waals surface area (Å²) < 4.78 is 0. The third-order valence-corrected chi connectivity index (χ3v) is 5.35. The Hall–Kier alpha value is -0.500. The van der Waals surface area contributed by atoms with Gasteiger partial charge >= 0.3 is 0 Å². The van der Waals surface area contributed by atoms with Crippen molar-refractivity contribution >= 4 is 41.7 Å². The SMILES string of the molecule is CCNC(=NCCc1ccc(C)nc1)NC1CCC(SCC)C1.I. The Morgan fingerprint density at radius 3 is 2.83 bits per heavy atom. The minimum atomic E-state index is 0. The molecule has 1 aliphatic rings. The molecule has 2 atom stereocenters. The summed E-state index contributed by atoms with van der Waals surface area (Å²) in [4.78, 5) is 9.07. The Labute approximate surface area is 168 Å². The summed E-state index contributed by atoms with van der Waals surface area (Å²) in [6, 6.07) is 4.77. The monoisotopic (exact) mass is 462 g/mol. The zero-order valence-electron chi connectivity index (χ0n) is 15.0. The number of aromatic nitrogens is 1. The van der Waals surface area contributed by atoms with Crippen molar-refractivity contribution in [1.82, 2.24) is 15.6 Å². The number of pyridine rings is 1. The van der Waals surface area contributed by atoms with Crippen LogP contribution in [0, 0.1) is 6.92 Å². The molecule has 0 saturated heterocycles. The lowest BCUT2D eigenvalue weighted by atomic mass is 10.2. The molecule has 1 aliphatic carbocycles. The largest absolute Gasteiger partial charge is 0.357 e. The minimum absolute atomic E-state index is 0. The van der Waals surface area contributed by atoms with Gasteiger partial charge in [-0.1, -0.05) is 13.0 Å². The number of aliphatic imine (C=N–C) groups is 1. The molecular weight excluding hydrogens is 431 g/mol. The molecule has 2 N–H and O–H groups in total. The second-order valence-corrected chi connectivity index (χ2v) is 7.63. The van der Waals surface area contributed by atoms with Gasteiger partial charge in [0, 0.05) is 36.3 Å². The number of nitrogens with zero attached hydrogens (tertiary/aromatic N) is 2.